The van der Waals surface area contributed by atoms with Gasteiger partial charge in [-0.3, -0.25) is 9.48 Å². The van der Waals surface area contributed by atoms with Crippen LogP contribution in [-0.4, -0.2) is 25.8 Å². The van der Waals surface area contributed by atoms with Crippen molar-refractivity contribution in [1.29, 1.82) is 0 Å². The predicted molar refractivity (Wildman–Crippen MR) is 72.8 cm³/mol. The molecule has 6 nitrogen and oxygen atoms in total. The van der Waals surface area contributed by atoms with E-state index in [1.807, 2.05) is 13.2 Å². The molecule has 1 fully saturated rings. The highest BCUT2D eigenvalue weighted by atomic mass is 16.3. The quantitative estimate of drug-likeness (QED) is 0.871. The van der Waals surface area contributed by atoms with Gasteiger partial charge in [-0.05, 0) is 24.0 Å². The van der Waals surface area contributed by atoms with Crippen molar-refractivity contribution in [2.45, 2.75) is 18.9 Å². The van der Waals surface area contributed by atoms with Gasteiger partial charge in [-0.2, -0.15) is 5.10 Å². The van der Waals surface area contributed by atoms with Crippen molar-refractivity contribution in [2.75, 3.05) is 5.32 Å². The van der Waals surface area contributed by atoms with Gasteiger partial charge in [0.15, 0.2) is 0 Å². The van der Waals surface area contributed by atoms with E-state index in [2.05, 4.69) is 15.4 Å². The average molecular weight is 272 g/mol. The van der Waals surface area contributed by atoms with Crippen molar-refractivity contribution in [3.63, 3.8) is 0 Å². The van der Waals surface area contributed by atoms with E-state index in [9.17, 15) is 9.90 Å². The Morgan fingerprint density at radius 3 is 3.15 bits per heavy atom. The van der Waals surface area contributed by atoms with Gasteiger partial charge in [0.25, 0.3) is 0 Å². The molecule has 1 amide bonds. The summed E-state index contributed by atoms with van der Waals surface area (Å²) in [6.45, 7) is -0.139. The Labute approximate surface area is 116 Å². The number of carbonyl (C=O) groups is 1. The summed E-state index contributed by atoms with van der Waals surface area (Å²) >= 11 is 0. The second kappa shape index (κ2) is 5.05. The van der Waals surface area contributed by atoms with Gasteiger partial charge in [0.2, 0.25) is 5.91 Å². The fraction of sp³-hybridized carbons (Fsp3) is 0.357. The molecule has 1 saturated carbocycles. The Balaban J connectivity index is 1.66. The molecule has 1 aliphatic carbocycles. The lowest BCUT2D eigenvalue weighted by atomic mass is 10.2. The van der Waals surface area contributed by atoms with E-state index in [1.165, 1.54) is 0 Å². The second-order valence-electron chi connectivity index (χ2n) is 5.05. The molecular weight excluding hydrogens is 256 g/mol. The minimum absolute atomic E-state index is 0.0345. The summed E-state index contributed by atoms with van der Waals surface area (Å²) in [4.78, 5) is 16.3. The number of anilines is 1. The molecule has 0 spiro atoms. The third-order valence-electron chi connectivity index (χ3n) is 3.58. The number of carbonyl (C=O) groups excluding carboxylic acids is 1. The van der Waals surface area contributed by atoms with Crippen molar-refractivity contribution >= 4 is 11.7 Å². The Morgan fingerprint density at radius 1 is 1.60 bits per heavy atom. The Hall–Kier alpha value is -2.21. The zero-order chi connectivity index (χ0) is 14.1. The van der Waals surface area contributed by atoms with Crippen LogP contribution in [0.25, 0.3) is 0 Å². The Morgan fingerprint density at radius 2 is 2.45 bits per heavy atom. The second-order valence-corrected chi connectivity index (χ2v) is 5.05. The fourth-order valence-corrected chi connectivity index (χ4v) is 2.37. The van der Waals surface area contributed by atoms with Crippen LogP contribution < -0.4 is 5.32 Å². The van der Waals surface area contributed by atoms with E-state index in [0.717, 1.165) is 12.0 Å². The predicted octanol–water partition coefficient (Wildman–Crippen LogP) is 1.05. The molecule has 20 heavy (non-hydrogen) atoms. The number of aryl methyl sites for hydroxylation is 1. The van der Waals surface area contributed by atoms with E-state index < -0.39 is 0 Å². The van der Waals surface area contributed by atoms with Crippen LogP contribution in [0.5, 0.6) is 0 Å². The van der Waals surface area contributed by atoms with Crippen molar-refractivity contribution in [1.82, 2.24) is 14.8 Å². The number of hydrogen-bond donors (Lipinski definition) is 2. The molecule has 2 aromatic rings. The molecular formula is C14H16N4O2. The minimum Gasteiger partial charge on any atom is -0.392 e. The van der Waals surface area contributed by atoms with Crippen LogP contribution in [-0.2, 0) is 18.4 Å². The van der Waals surface area contributed by atoms with Crippen LogP contribution >= 0.6 is 0 Å². The number of rotatable bonds is 4. The number of aliphatic hydroxyl groups excluding tert-OH is 1. The molecule has 3 rings (SSSR count). The summed E-state index contributed by atoms with van der Waals surface area (Å²) < 4.78 is 1.74. The maximum atomic E-state index is 12.2. The smallest absolute Gasteiger partial charge is 0.229 e. The minimum atomic E-state index is -0.139. The first-order valence-electron chi connectivity index (χ1n) is 6.53. The summed E-state index contributed by atoms with van der Waals surface area (Å²) in [6.07, 6.45) is 6.18. The topological polar surface area (TPSA) is 80.0 Å². The number of aromatic nitrogens is 3. The Bertz CT molecular complexity index is 638. The Kier molecular flexibility index (Phi) is 3.23. The summed E-state index contributed by atoms with van der Waals surface area (Å²) in [6, 6.07) is 3.48. The number of pyridine rings is 1. The highest BCUT2D eigenvalue weighted by molar-refractivity contribution is 5.95. The molecule has 2 N–H and O–H groups in total. The van der Waals surface area contributed by atoms with Gasteiger partial charge < -0.3 is 10.4 Å². The molecule has 6 heteroatoms. The maximum Gasteiger partial charge on any atom is 0.229 e. The van der Waals surface area contributed by atoms with Crippen LogP contribution in [0.4, 0.5) is 5.82 Å². The summed E-state index contributed by atoms with van der Waals surface area (Å²) in [7, 11) is 1.86. The van der Waals surface area contributed by atoms with E-state index in [0.29, 0.717) is 11.4 Å². The molecule has 1 aliphatic rings. The first kappa shape index (κ1) is 12.8. The van der Waals surface area contributed by atoms with Gasteiger partial charge in [-0.15, -0.1) is 0 Å². The molecule has 0 aromatic carbocycles. The molecule has 0 bridgehead atoms. The normalized spacial score (nSPS) is 20.7. The zero-order valence-corrected chi connectivity index (χ0v) is 11.2. The number of nitrogens with zero attached hydrogens (tertiary/aromatic N) is 3. The van der Waals surface area contributed by atoms with E-state index in [4.69, 9.17) is 0 Å². The van der Waals surface area contributed by atoms with E-state index in [1.54, 1.807) is 29.2 Å². The zero-order valence-electron chi connectivity index (χ0n) is 11.2. The monoisotopic (exact) mass is 272 g/mol. The maximum absolute atomic E-state index is 12.2. The molecule has 0 radical (unpaired) electrons. The number of aliphatic hydroxyl groups is 1. The van der Waals surface area contributed by atoms with Gasteiger partial charge in [0.1, 0.15) is 5.82 Å². The first-order valence-corrected chi connectivity index (χ1v) is 6.53. The summed E-state index contributed by atoms with van der Waals surface area (Å²) in [5.41, 5.74) is 1.72. The van der Waals surface area contributed by atoms with Crippen LogP contribution in [0.15, 0.2) is 30.7 Å². The molecule has 0 aliphatic heterocycles. The number of amides is 1. The summed E-state index contributed by atoms with van der Waals surface area (Å²) in [5.74, 6) is 0.599. The van der Waals surface area contributed by atoms with E-state index >= 15 is 0 Å². The summed E-state index contributed by atoms with van der Waals surface area (Å²) in [5, 5.41) is 16.1. The lowest BCUT2D eigenvalue weighted by Crippen LogP contribution is -2.16. The molecule has 2 aromatic heterocycles. The molecule has 2 atom stereocenters. The average Bonchev–Trinajstić information content (AvgIpc) is 3.15. The van der Waals surface area contributed by atoms with Crippen molar-refractivity contribution < 1.29 is 9.90 Å². The molecule has 104 valence electrons. The van der Waals surface area contributed by atoms with Crippen LogP contribution in [0.1, 0.15) is 23.5 Å². The molecule has 2 heterocycles. The van der Waals surface area contributed by atoms with Crippen molar-refractivity contribution in [3.8, 4) is 0 Å². The van der Waals surface area contributed by atoms with Gasteiger partial charge in [0.05, 0.1) is 12.8 Å². The van der Waals surface area contributed by atoms with Crippen LogP contribution in [0, 0.1) is 5.92 Å². The fourth-order valence-electron chi connectivity index (χ4n) is 2.37. The standard InChI is InChI=1S/C14H16N4O2/c1-18-7-10(6-16-18)11-5-12(11)14(20)17-13-9(8-19)3-2-4-15-13/h2-4,6-7,11-12,19H,5,8H2,1H3,(H,15,17,20)/t11-,12+/m0/s1. The third kappa shape index (κ3) is 2.42. The van der Waals surface area contributed by atoms with Gasteiger partial charge in [-0.1, -0.05) is 6.07 Å². The van der Waals surface area contributed by atoms with Gasteiger partial charge >= 0.3 is 0 Å². The lowest BCUT2D eigenvalue weighted by Gasteiger charge is -2.07. The SMILES string of the molecule is Cn1cc([C@@H]2C[C@H]2C(=O)Nc2ncccc2CO)cn1. The van der Waals surface area contributed by atoms with Gasteiger partial charge in [-0.25, -0.2) is 4.98 Å². The highest BCUT2D eigenvalue weighted by Gasteiger charge is 2.44. The first-order chi connectivity index (χ1) is 9.69. The van der Waals surface area contributed by atoms with Crippen molar-refractivity contribution in [3.05, 3.63) is 41.9 Å². The third-order valence-corrected chi connectivity index (χ3v) is 3.58. The number of hydrogen-bond acceptors (Lipinski definition) is 4. The lowest BCUT2D eigenvalue weighted by molar-refractivity contribution is -0.117. The van der Waals surface area contributed by atoms with Crippen LogP contribution in [0.2, 0.25) is 0 Å². The van der Waals surface area contributed by atoms with E-state index in [-0.39, 0.29) is 24.3 Å². The van der Waals surface area contributed by atoms with Gasteiger partial charge in [0, 0.05) is 30.9 Å². The highest BCUT2D eigenvalue weighted by Crippen LogP contribution is 2.47. The molecule has 0 unspecified atom stereocenters. The largest absolute Gasteiger partial charge is 0.392 e. The van der Waals surface area contributed by atoms with Crippen molar-refractivity contribution in [2.24, 2.45) is 13.0 Å². The molecule has 0 saturated heterocycles. The van der Waals surface area contributed by atoms with Crippen LogP contribution in [0.3, 0.4) is 0 Å². The number of nitrogens with one attached hydrogen (secondary N) is 1.